The largest absolute Gasteiger partial charge is 0.456 e. The maximum atomic E-state index is 6.46. The third-order valence-corrected chi connectivity index (χ3v) is 13.3. The van der Waals surface area contributed by atoms with Gasteiger partial charge in [-0.1, -0.05) is 165 Å². The van der Waals surface area contributed by atoms with Crippen LogP contribution in [0.5, 0.6) is 0 Å². The summed E-state index contributed by atoms with van der Waals surface area (Å²) in [6.07, 6.45) is 8.45. The van der Waals surface area contributed by atoms with E-state index in [-0.39, 0.29) is 0 Å². The van der Waals surface area contributed by atoms with Crippen molar-refractivity contribution >= 4 is 39.0 Å². The molecule has 2 bridgehead atoms. The van der Waals surface area contributed by atoms with Gasteiger partial charge in [-0.25, -0.2) is 0 Å². The lowest BCUT2D eigenvalue weighted by molar-refractivity contribution is 0.264. The molecular formula is C57H47NO. The zero-order valence-electron chi connectivity index (χ0n) is 33.3. The van der Waals surface area contributed by atoms with Crippen molar-refractivity contribution in [3.05, 3.63) is 200 Å². The van der Waals surface area contributed by atoms with Crippen LogP contribution in [0.4, 0.5) is 17.1 Å². The van der Waals surface area contributed by atoms with Gasteiger partial charge in [0.15, 0.2) is 0 Å². The molecule has 1 heterocycles. The van der Waals surface area contributed by atoms with Crippen LogP contribution in [0.3, 0.4) is 0 Å². The third-order valence-electron chi connectivity index (χ3n) is 13.3. The minimum atomic E-state index is 0.715. The molecule has 286 valence electrons. The van der Waals surface area contributed by atoms with Gasteiger partial charge in [0.2, 0.25) is 0 Å². The van der Waals surface area contributed by atoms with E-state index in [1.165, 1.54) is 88.6 Å². The Morgan fingerprint density at radius 3 is 1.80 bits per heavy atom. The highest BCUT2D eigenvalue weighted by Crippen LogP contribution is 2.48. The second-order valence-electron chi connectivity index (χ2n) is 16.8. The van der Waals surface area contributed by atoms with Crippen LogP contribution in [0.1, 0.15) is 50.0 Å². The first-order valence-corrected chi connectivity index (χ1v) is 21.5. The van der Waals surface area contributed by atoms with Crippen LogP contribution in [-0.4, -0.2) is 0 Å². The maximum Gasteiger partial charge on any atom is 0.137 e. The Morgan fingerprint density at radius 2 is 1.03 bits per heavy atom. The second-order valence-corrected chi connectivity index (χ2v) is 16.8. The third kappa shape index (κ3) is 6.73. The number of hydrogen-bond donors (Lipinski definition) is 0. The monoisotopic (exact) mass is 761 g/mol. The molecule has 3 aliphatic rings. The molecule has 3 unspecified atom stereocenters. The number of nitrogens with zero attached hydrogens (tertiary/aromatic N) is 1. The standard InChI is InChI=1S/C57H47NO/c1-3-13-41(14-4-1)50-21-11-22-51(42-15-5-2-6-16-42)57(50)45-30-32-47(33-31-45)58(49-34-35-53-52-20-7-8-23-55(52)59-56(53)38-49)48-19-10-18-46(37-48)40-26-28-44(29-27-40)54-36-39-12-9-17-43(54)25-24-39/h1-8,10-11,13-16,18-23,26-35,37-39,43,54H,9,12,17,24-25,36H2. The molecule has 8 aromatic carbocycles. The molecule has 3 atom stereocenters. The van der Waals surface area contributed by atoms with E-state index in [0.29, 0.717) is 5.92 Å². The second kappa shape index (κ2) is 15.3. The minimum absolute atomic E-state index is 0.715. The predicted octanol–water partition coefficient (Wildman–Crippen LogP) is 16.4. The fraction of sp³-hybridized carbons (Fsp3) is 0.158. The Labute approximate surface area is 347 Å². The lowest BCUT2D eigenvalue weighted by Gasteiger charge is -2.33. The Morgan fingerprint density at radius 1 is 0.407 bits per heavy atom. The van der Waals surface area contributed by atoms with Crippen LogP contribution in [0.2, 0.25) is 0 Å². The molecule has 0 saturated heterocycles. The van der Waals surface area contributed by atoms with Crippen LogP contribution in [0.15, 0.2) is 199 Å². The van der Waals surface area contributed by atoms with Gasteiger partial charge in [-0.05, 0) is 130 Å². The fourth-order valence-corrected chi connectivity index (χ4v) is 10.4. The number of benzene rings is 8. The van der Waals surface area contributed by atoms with Gasteiger partial charge >= 0.3 is 0 Å². The molecule has 1 aromatic heterocycles. The normalized spacial score (nSPS) is 17.6. The van der Waals surface area contributed by atoms with Gasteiger partial charge in [-0.2, -0.15) is 0 Å². The summed E-state index contributed by atoms with van der Waals surface area (Å²) in [5, 5.41) is 2.26. The summed E-state index contributed by atoms with van der Waals surface area (Å²) in [5.41, 5.74) is 16.3. The number of hydrogen-bond acceptors (Lipinski definition) is 2. The molecule has 0 N–H and O–H groups in total. The van der Waals surface area contributed by atoms with Gasteiger partial charge in [0, 0.05) is 33.9 Å². The average Bonchev–Trinajstić information content (AvgIpc) is 3.40. The summed E-state index contributed by atoms with van der Waals surface area (Å²) < 4.78 is 6.46. The topological polar surface area (TPSA) is 16.4 Å². The first kappa shape index (κ1) is 35.5. The molecule has 3 saturated carbocycles. The van der Waals surface area contributed by atoms with E-state index >= 15 is 0 Å². The minimum Gasteiger partial charge on any atom is -0.456 e. The van der Waals surface area contributed by atoms with Gasteiger partial charge in [0.25, 0.3) is 0 Å². The molecule has 12 rings (SSSR count). The fourth-order valence-electron chi connectivity index (χ4n) is 10.4. The summed E-state index contributed by atoms with van der Waals surface area (Å²) in [5.74, 6) is 2.48. The summed E-state index contributed by atoms with van der Waals surface area (Å²) in [6.45, 7) is 0. The lowest BCUT2D eigenvalue weighted by Crippen LogP contribution is -2.19. The van der Waals surface area contributed by atoms with E-state index < -0.39 is 0 Å². The predicted molar refractivity (Wildman–Crippen MR) is 248 cm³/mol. The Bertz CT molecular complexity index is 2830. The summed E-state index contributed by atoms with van der Waals surface area (Å²) in [6, 6.07) is 70.9. The zero-order chi connectivity index (χ0) is 39.1. The Kier molecular flexibility index (Phi) is 9.19. The van der Waals surface area contributed by atoms with Crippen molar-refractivity contribution in [3.8, 4) is 44.5 Å². The van der Waals surface area contributed by atoms with Crippen LogP contribution in [0, 0.1) is 11.8 Å². The van der Waals surface area contributed by atoms with Crippen molar-refractivity contribution < 1.29 is 4.42 Å². The molecule has 2 heteroatoms. The van der Waals surface area contributed by atoms with Gasteiger partial charge < -0.3 is 9.32 Å². The molecule has 2 nitrogen and oxygen atoms in total. The summed E-state index contributed by atoms with van der Waals surface area (Å²) >= 11 is 0. The van der Waals surface area contributed by atoms with Crippen LogP contribution in [0.25, 0.3) is 66.4 Å². The van der Waals surface area contributed by atoms with E-state index in [1.807, 2.05) is 6.07 Å². The first-order chi connectivity index (χ1) is 29.2. The number of para-hydroxylation sites is 1. The van der Waals surface area contributed by atoms with Crippen molar-refractivity contribution in [2.24, 2.45) is 11.8 Å². The molecule has 0 spiro atoms. The van der Waals surface area contributed by atoms with Gasteiger partial charge in [0.05, 0.1) is 0 Å². The van der Waals surface area contributed by atoms with Gasteiger partial charge in [-0.15, -0.1) is 0 Å². The summed E-state index contributed by atoms with van der Waals surface area (Å²) in [4.78, 5) is 2.37. The molecule has 9 aromatic rings. The molecule has 3 fully saturated rings. The van der Waals surface area contributed by atoms with E-state index in [9.17, 15) is 0 Å². The van der Waals surface area contributed by atoms with Crippen molar-refractivity contribution in [2.45, 2.75) is 44.4 Å². The van der Waals surface area contributed by atoms with Gasteiger partial charge in [0.1, 0.15) is 11.2 Å². The summed E-state index contributed by atoms with van der Waals surface area (Å²) in [7, 11) is 0. The smallest absolute Gasteiger partial charge is 0.137 e. The van der Waals surface area contributed by atoms with Crippen molar-refractivity contribution in [2.75, 3.05) is 4.90 Å². The SMILES string of the molecule is c1ccc(-c2cccc(-c3ccccc3)c2-c2ccc(N(c3cccc(-c4ccc(C5CC6CCCC5CC6)cc4)c3)c3ccc4c(c3)oc3ccccc34)cc2)cc1. The molecule has 0 aliphatic heterocycles. The van der Waals surface area contributed by atoms with Crippen molar-refractivity contribution in [1.29, 1.82) is 0 Å². The number of fused-ring (bicyclic) bond motifs is 7. The highest BCUT2D eigenvalue weighted by Gasteiger charge is 2.34. The average molecular weight is 762 g/mol. The van der Waals surface area contributed by atoms with E-state index in [4.69, 9.17) is 4.42 Å². The number of rotatable bonds is 8. The molecular weight excluding hydrogens is 715 g/mol. The molecule has 3 aliphatic carbocycles. The highest BCUT2D eigenvalue weighted by atomic mass is 16.3. The van der Waals surface area contributed by atoms with E-state index in [1.54, 1.807) is 0 Å². The maximum absolute atomic E-state index is 6.46. The highest BCUT2D eigenvalue weighted by molar-refractivity contribution is 6.06. The Hall–Kier alpha value is -6.64. The van der Waals surface area contributed by atoms with Crippen LogP contribution < -0.4 is 4.90 Å². The first-order valence-electron chi connectivity index (χ1n) is 21.5. The van der Waals surface area contributed by atoms with Gasteiger partial charge in [-0.3, -0.25) is 0 Å². The quantitative estimate of drug-likeness (QED) is 0.153. The molecule has 0 radical (unpaired) electrons. The molecule has 0 amide bonds. The number of furan rings is 1. The van der Waals surface area contributed by atoms with Crippen molar-refractivity contribution in [1.82, 2.24) is 0 Å². The Balaban J connectivity index is 1.01. The lowest BCUT2D eigenvalue weighted by atomic mass is 9.72. The van der Waals surface area contributed by atoms with Crippen molar-refractivity contribution in [3.63, 3.8) is 0 Å². The van der Waals surface area contributed by atoms with E-state index in [0.717, 1.165) is 50.8 Å². The zero-order valence-corrected chi connectivity index (χ0v) is 33.3. The molecule has 59 heavy (non-hydrogen) atoms. The number of anilines is 3. The van der Waals surface area contributed by atoms with Crippen LogP contribution >= 0.6 is 0 Å². The van der Waals surface area contributed by atoms with Crippen LogP contribution in [-0.2, 0) is 0 Å². The van der Waals surface area contributed by atoms with E-state index in [2.05, 4.69) is 193 Å².